The molecule has 0 saturated carbocycles. The van der Waals surface area contributed by atoms with Crippen LogP contribution in [0.3, 0.4) is 0 Å². The second kappa shape index (κ2) is 6.99. The fourth-order valence-corrected chi connectivity index (χ4v) is 1.99. The maximum absolute atomic E-state index is 9.67. The number of hydrogen-bond acceptors (Lipinski definition) is 4. The van der Waals surface area contributed by atoms with Crippen LogP contribution in [0.25, 0.3) is 0 Å². The highest BCUT2D eigenvalue weighted by Gasteiger charge is 2.07. The van der Waals surface area contributed by atoms with E-state index in [1.807, 2.05) is 31.2 Å². The molecule has 0 spiro atoms. The summed E-state index contributed by atoms with van der Waals surface area (Å²) in [6.07, 6.45) is 1.66. The van der Waals surface area contributed by atoms with Gasteiger partial charge >= 0.3 is 0 Å². The van der Waals surface area contributed by atoms with Crippen molar-refractivity contribution in [2.45, 2.75) is 6.92 Å². The van der Waals surface area contributed by atoms with Crippen LogP contribution in [-0.4, -0.2) is 25.0 Å². The first kappa shape index (κ1) is 15.2. The summed E-state index contributed by atoms with van der Waals surface area (Å²) in [5.41, 5.74) is 1.53. The molecule has 0 aliphatic rings. The summed E-state index contributed by atoms with van der Waals surface area (Å²) >= 11 is 5.93. The monoisotopic (exact) mass is 305 g/mol. The highest BCUT2D eigenvalue weighted by Crippen LogP contribution is 2.34. The highest BCUT2D eigenvalue weighted by atomic mass is 35.5. The summed E-state index contributed by atoms with van der Waals surface area (Å²) in [4.78, 5) is 4.35. The number of methoxy groups -OCH3 is 1. The standard InChI is InChI=1S/C16H16ClNO3/c1-3-21-13-6-4-12(5-7-13)18-10-11-8-14(17)16(19)15(9-11)20-2/h4-10,19H,3H2,1-2H3. The molecule has 0 bridgehead atoms. The predicted octanol–water partition coefficient (Wildman–Crippen LogP) is 4.20. The zero-order valence-electron chi connectivity index (χ0n) is 11.8. The predicted molar refractivity (Wildman–Crippen MR) is 84.5 cm³/mol. The molecule has 21 heavy (non-hydrogen) atoms. The quantitative estimate of drug-likeness (QED) is 0.842. The van der Waals surface area contributed by atoms with Gasteiger partial charge in [0, 0.05) is 6.21 Å². The van der Waals surface area contributed by atoms with Gasteiger partial charge in [-0.3, -0.25) is 4.99 Å². The SMILES string of the molecule is CCOc1ccc(N=Cc2cc(Cl)c(O)c(OC)c2)cc1. The average molecular weight is 306 g/mol. The lowest BCUT2D eigenvalue weighted by Crippen LogP contribution is -1.90. The van der Waals surface area contributed by atoms with Crippen LogP contribution < -0.4 is 9.47 Å². The molecule has 2 rings (SSSR count). The minimum atomic E-state index is -0.0719. The van der Waals surface area contributed by atoms with Crippen LogP contribution in [0.5, 0.6) is 17.2 Å². The molecule has 2 aromatic carbocycles. The Morgan fingerprint density at radius 3 is 2.57 bits per heavy atom. The summed E-state index contributed by atoms with van der Waals surface area (Å²) in [7, 11) is 1.47. The van der Waals surface area contributed by atoms with E-state index in [1.165, 1.54) is 7.11 Å². The van der Waals surface area contributed by atoms with E-state index in [4.69, 9.17) is 21.1 Å². The number of rotatable bonds is 5. The lowest BCUT2D eigenvalue weighted by atomic mass is 10.2. The summed E-state index contributed by atoms with van der Waals surface area (Å²) in [6, 6.07) is 10.7. The van der Waals surface area contributed by atoms with Crippen LogP contribution >= 0.6 is 11.6 Å². The van der Waals surface area contributed by atoms with E-state index < -0.39 is 0 Å². The van der Waals surface area contributed by atoms with Crippen molar-refractivity contribution in [2.75, 3.05) is 13.7 Å². The first-order valence-corrected chi connectivity index (χ1v) is 6.85. The number of phenolic OH excluding ortho intramolecular Hbond substituents is 1. The Morgan fingerprint density at radius 1 is 1.24 bits per heavy atom. The van der Waals surface area contributed by atoms with E-state index in [-0.39, 0.29) is 10.8 Å². The van der Waals surface area contributed by atoms with E-state index in [2.05, 4.69) is 4.99 Å². The van der Waals surface area contributed by atoms with Crippen LogP contribution in [0.2, 0.25) is 5.02 Å². The van der Waals surface area contributed by atoms with Crippen LogP contribution in [0.15, 0.2) is 41.4 Å². The number of ether oxygens (including phenoxy) is 2. The minimum Gasteiger partial charge on any atom is -0.503 e. The zero-order chi connectivity index (χ0) is 15.2. The van der Waals surface area contributed by atoms with E-state index >= 15 is 0 Å². The van der Waals surface area contributed by atoms with Crippen LogP contribution in [-0.2, 0) is 0 Å². The molecule has 2 aromatic rings. The first-order valence-electron chi connectivity index (χ1n) is 6.47. The Labute approximate surface area is 128 Å². The van der Waals surface area contributed by atoms with Crippen LogP contribution in [0, 0.1) is 0 Å². The van der Waals surface area contributed by atoms with Crippen molar-refractivity contribution in [1.29, 1.82) is 0 Å². The van der Waals surface area contributed by atoms with Gasteiger partial charge in [-0.2, -0.15) is 0 Å². The molecule has 110 valence electrons. The minimum absolute atomic E-state index is 0.0719. The van der Waals surface area contributed by atoms with Crippen molar-refractivity contribution in [3.05, 3.63) is 47.0 Å². The largest absolute Gasteiger partial charge is 0.503 e. The smallest absolute Gasteiger partial charge is 0.176 e. The van der Waals surface area contributed by atoms with Crippen molar-refractivity contribution in [3.63, 3.8) is 0 Å². The molecule has 0 aliphatic heterocycles. The van der Waals surface area contributed by atoms with Crippen LogP contribution in [0.4, 0.5) is 5.69 Å². The summed E-state index contributed by atoms with van der Waals surface area (Å²) in [5.74, 6) is 1.05. The summed E-state index contributed by atoms with van der Waals surface area (Å²) in [5, 5.41) is 9.90. The molecule has 0 heterocycles. The third-order valence-corrected chi connectivity index (χ3v) is 3.07. The second-order valence-corrected chi connectivity index (χ2v) is 4.65. The number of hydrogen-bond donors (Lipinski definition) is 1. The Kier molecular flexibility index (Phi) is 5.06. The number of benzene rings is 2. The Bertz CT molecular complexity index is 639. The number of aromatic hydroxyl groups is 1. The number of phenols is 1. The molecule has 0 aromatic heterocycles. The van der Waals surface area contributed by atoms with Crippen molar-refractivity contribution < 1.29 is 14.6 Å². The van der Waals surface area contributed by atoms with Crippen LogP contribution in [0.1, 0.15) is 12.5 Å². The maximum atomic E-state index is 9.67. The van der Waals surface area contributed by atoms with Gasteiger partial charge < -0.3 is 14.6 Å². The van der Waals surface area contributed by atoms with Gasteiger partial charge in [-0.1, -0.05) is 11.6 Å². The van der Waals surface area contributed by atoms with Gasteiger partial charge in [-0.05, 0) is 48.9 Å². The van der Waals surface area contributed by atoms with Gasteiger partial charge in [0.25, 0.3) is 0 Å². The molecule has 0 fully saturated rings. The fourth-order valence-electron chi connectivity index (χ4n) is 1.77. The molecule has 0 atom stereocenters. The van der Waals surface area contributed by atoms with Crippen molar-refractivity contribution in [1.82, 2.24) is 0 Å². The maximum Gasteiger partial charge on any atom is 0.176 e. The van der Waals surface area contributed by atoms with Crippen molar-refractivity contribution in [2.24, 2.45) is 4.99 Å². The van der Waals surface area contributed by atoms with E-state index in [0.29, 0.717) is 12.4 Å². The molecular formula is C16H16ClNO3. The molecular weight excluding hydrogens is 290 g/mol. The van der Waals surface area contributed by atoms with Gasteiger partial charge in [-0.15, -0.1) is 0 Å². The second-order valence-electron chi connectivity index (χ2n) is 4.24. The Morgan fingerprint density at radius 2 is 1.95 bits per heavy atom. The molecule has 5 heteroatoms. The molecule has 0 aliphatic carbocycles. The molecule has 0 unspecified atom stereocenters. The first-order chi connectivity index (χ1) is 10.1. The van der Waals surface area contributed by atoms with Gasteiger partial charge in [0.05, 0.1) is 24.4 Å². The fraction of sp³-hybridized carbons (Fsp3) is 0.188. The number of halogens is 1. The third-order valence-electron chi connectivity index (χ3n) is 2.78. The van der Waals surface area contributed by atoms with E-state index in [0.717, 1.165) is 17.0 Å². The third kappa shape index (κ3) is 3.89. The summed E-state index contributed by atoms with van der Waals surface area (Å²) < 4.78 is 10.4. The Balaban J connectivity index is 2.19. The average Bonchev–Trinajstić information content (AvgIpc) is 2.50. The van der Waals surface area contributed by atoms with E-state index in [1.54, 1.807) is 18.3 Å². The van der Waals surface area contributed by atoms with Crippen molar-refractivity contribution in [3.8, 4) is 17.2 Å². The lowest BCUT2D eigenvalue weighted by Gasteiger charge is -2.06. The number of nitrogens with zero attached hydrogens (tertiary/aromatic N) is 1. The van der Waals surface area contributed by atoms with Crippen molar-refractivity contribution >= 4 is 23.5 Å². The highest BCUT2D eigenvalue weighted by molar-refractivity contribution is 6.32. The van der Waals surface area contributed by atoms with Gasteiger partial charge in [0.15, 0.2) is 11.5 Å². The molecule has 0 amide bonds. The zero-order valence-corrected chi connectivity index (χ0v) is 12.6. The Hall–Kier alpha value is -2.20. The number of aliphatic imine (C=N–C) groups is 1. The molecule has 0 saturated heterocycles. The molecule has 0 radical (unpaired) electrons. The van der Waals surface area contributed by atoms with Gasteiger partial charge in [0.2, 0.25) is 0 Å². The molecule has 4 nitrogen and oxygen atoms in total. The van der Waals surface area contributed by atoms with Gasteiger partial charge in [-0.25, -0.2) is 0 Å². The van der Waals surface area contributed by atoms with E-state index in [9.17, 15) is 5.11 Å². The molecule has 1 N–H and O–H groups in total. The normalized spacial score (nSPS) is 10.8. The lowest BCUT2D eigenvalue weighted by molar-refractivity contribution is 0.340. The van der Waals surface area contributed by atoms with Gasteiger partial charge in [0.1, 0.15) is 5.75 Å². The topological polar surface area (TPSA) is 51.0 Å². The summed E-state index contributed by atoms with van der Waals surface area (Å²) in [6.45, 7) is 2.57.